The highest BCUT2D eigenvalue weighted by atomic mass is 15.4. The summed E-state index contributed by atoms with van der Waals surface area (Å²) in [4.78, 5) is 0. The zero-order valence-corrected chi connectivity index (χ0v) is 6.33. The van der Waals surface area contributed by atoms with Crippen molar-refractivity contribution in [2.45, 2.75) is 25.2 Å². The number of hydrogen-bond acceptors (Lipinski definition) is 2. The first-order chi connectivity index (χ1) is 4.71. The van der Waals surface area contributed by atoms with Gasteiger partial charge in [0.15, 0.2) is 0 Å². The SMILES string of the molecule is Cn1cc(C2(C)CC2)nn1. The summed E-state index contributed by atoms with van der Waals surface area (Å²) in [5.41, 5.74) is 1.52. The van der Waals surface area contributed by atoms with Gasteiger partial charge in [-0.2, -0.15) is 0 Å². The van der Waals surface area contributed by atoms with Crippen LogP contribution in [0.25, 0.3) is 0 Å². The minimum atomic E-state index is 0.369. The summed E-state index contributed by atoms with van der Waals surface area (Å²) >= 11 is 0. The average molecular weight is 137 g/mol. The van der Waals surface area contributed by atoms with Crippen molar-refractivity contribution in [3.63, 3.8) is 0 Å². The second-order valence-corrected chi connectivity index (χ2v) is 3.34. The predicted octanol–water partition coefficient (Wildman–Crippen LogP) is 0.867. The summed E-state index contributed by atoms with van der Waals surface area (Å²) in [6.07, 6.45) is 4.55. The minimum absolute atomic E-state index is 0.369. The Bertz CT molecular complexity index is 247. The molecule has 0 atom stereocenters. The van der Waals surface area contributed by atoms with Gasteiger partial charge in [-0.15, -0.1) is 5.10 Å². The van der Waals surface area contributed by atoms with Crippen molar-refractivity contribution in [2.24, 2.45) is 7.05 Å². The van der Waals surface area contributed by atoms with E-state index in [0.717, 1.165) is 5.69 Å². The van der Waals surface area contributed by atoms with Gasteiger partial charge in [0.05, 0.1) is 5.69 Å². The van der Waals surface area contributed by atoms with Gasteiger partial charge in [0, 0.05) is 18.7 Å². The molecule has 1 fully saturated rings. The Balaban J connectivity index is 2.34. The van der Waals surface area contributed by atoms with Crippen molar-refractivity contribution < 1.29 is 0 Å². The summed E-state index contributed by atoms with van der Waals surface area (Å²) in [6, 6.07) is 0. The molecular weight excluding hydrogens is 126 g/mol. The van der Waals surface area contributed by atoms with Crippen molar-refractivity contribution >= 4 is 0 Å². The molecule has 0 spiro atoms. The lowest BCUT2D eigenvalue weighted by Gasteiger charge is -1.98. The Kier molecular flexibility index (Phi) is 0.938. The fourth-order valence-corrected chi connectivity index (χ4v) is 1.07. The summed E-state index contributed by atoms with van der Waals surface area (Å²) in [7, 11) is 1.90. The zero-order chi connectivity index (χ0) is 7.19. The largest absolute Gasteiger partial charge is 0.255 e. The maximum atomic E-state index is 4.06. The van der Waals surface area contributed by atoms with Crippen LogP contribution in [-0.2, 0) is 12.5 Å². The van der Waals surface area contributed by atoms with Gasteiger partial charge in [-0.05, 0) is 12.8 Å². The van der Waals surface area contributed by atoms with Gasteiger partial charge >= 0.3 is 0 Å². The van der Waals surface area contributed by atoms with E-state index in [4.69, 9.17) is 0 Å². The van der Waals surface area contributed by atoms with Crippen LogP contribution in [0.1, 0.15) is 25.5 Å². The fourth-order valence-electron chi connectivity index (χ4n) is 1.07. The standard InChI is InChI=1S/C7H11N3/c1-7(3-4-7)6-5-10(2)9-8-6/h5H,3-4H2,1-2H3. The van der Waals surface area contributed by atoms with E-state index in [-0.39, 0.29) is 0 Å². The fraction of sp³-hybridized carbons (Fsp3) is 0.714. The van der Waals surface area contributed by atoms with Gasteiger partial charge in [0.25, 0.3) is 0 Å². The van der Waals surface area contributed by atoms with Crippen molar-refractivity contribution in [3.05, 3.63) is 11.9 Å². The van der Waals surface area contributed by atoms with E-state index in [1.165, 1.54) is 12.8 Å². The molecule has 1 saturated carbocycles. The van der Waals surface area contributed by atoms with E-state index in [1.54, 1.807) is 4.68 Å². The molecule has 1 aliphatic rings. The van der Waals surface area contributed by atoms with E-state index in [9.17, 15) is 0 Å². The van der Waals surface area contributed by atoms with Gasteiger partial charge in [-0.3, -0.25) is 4.68 Å². The minimum Gasteiger partial charge on any atom is -0.255 e. The van der Waals surface area contributed by atoms with E-state index >= 15 is 0 Å². The van der Waals surface area contributed by atoms with Crippen molar-refractivity contribution in [1.29, 1.82) is 0 Å². The first-order valence-electron chi connectivity index (χ1n) is 3.57. The van der Waals surface area contributed by atoms with Crippen LogP contribution in [0.4, 0.5) is 0 Å². The molecule has 10 heavy (non-hydrogen) atoms. The van der Waals surface area contributed by atoms with E-state index < -0.39 is 0 Å². The molecule has 54 valence electrons. The lowest BCUT2D eigenvalue weighted by Crippen LogP contribution is -1.99. The third-order valence-corrected chi connectivity index (χ3v) is 2.22. The molecular formula is C7H11N3. The molecule has 0 aliphatic heterocycles. The van der Waals surface area contributed by atoms with Gasteiger partial charge in [0.1, 0.15) is 0 Å². The first kappa shape index (κ1) is 5.89. The quantitative estimate of drug-likeness (QED) is 0.575. The van der Waals surface area contributed by atoms with Crippen LogP contribution in [0.3, 0.4) is 0 Å². The normalized spacial score (nSPS) is 21.0. The molecule has 0 aromatic carbocycles. The van der Waals surface area contributed by atoms with Gasteiger partial charge < -0.3 is 0 Å². The molecule has 1 aromatic heterocycles. The maximum absolute atomic E-state index is 4.06. The van der Waals surface area contributed by atoms with Crippen molar-refractivity contribution in [3.8, 4) is 0 Å². The van der Waals surface area contributed by atoms with Gasteiger partial charge in [-0.25, -0.2) is 0 Å². The van der Waals surface area contributed by atoms with Crippen LogP contribution in [0.15, 0.2) is 6.20 Å². The Morgan fingerprint density at radius 3 is 2.70 bits per heavy atom. The van der Waals surface area contributed by atoms with E-state index in [1.807, 2.05) is 13.2 Å². The van der Waals surface area contributed by atoms with Crippen LogP contribution >= 0.6 is 0 Å². The monoisotopic (exact) mass is 137 g/mol. The number of nitrogens with zero attached hydrogens (tertiary/aromatic N) is 3. The number of hydrogen-bond donors (Lipinski definition) is 0. The Labute approximate surface area is 60.0 Å². The second kappa shape index (κ2) is 1.59. The molecule has 3 nitrogen and oxygen atoms in total. The number of rotatable bonds is 1. The van der Waals surface area contributed by atoms with E-state index in [0.29, 0.717) is 5.41 Å². The van der Waals surface area contributed by atoms with Crippen molar-refractivity contribution in [1.82, 2.24) is 15.0 Å². The van der Waals surface area contributed by atoms with Crippen LogP contribution in [0.5, 0.6) is 0 Å². The molecule has 0 unspecified atom stereocenters. The molecule has 0 bridgehead atoms. The summed E-state index contributed by atoms with van der Waals surface area (Å²) in [5.74, 6) is 0. The maximum Gasteiger partial charge on any atom is 0.0885 e. The first-order valence-corrected chi connectivity index (χ1v) is 3.57. The Morgan fingerprint density at radius 2 is 2.30 bits per heavy atom. The highest BCUT2D eigenvalue weighted by Crippen LogP contribution is 2.46. The topological polar surface area (TPSA) is 30.7 Å². The van der Waals surface area contributed by atoms with Gasteiger partial charge in [-0.1, -0.05) is 12.1 Å². The highest BCUT2D eigenvalue weighted by Gasteiger charge is 2.41. The second-order valence-electron chi connectivity index (χ2n) is 3.34. The smallest absolute Gasteiger partial charge is 0.0885 e. The molecule has 1 heterocycles. The number of aromatic nitrogens is 3. The van der Waals surface area contributed by atoms with E-state index in [2.05, 4.69) is 17.2 Å². The molecule has 2 rings (SSSR count). The Morgan fingerprint density at radius 1 is 1.60 bits per heavy atom. The molecule has 1 aliphatic carbocycles. The van der Waals surface area contributed by atoms with Crippen LogP contribution in [0, 0.1) is 0 Å². The Hall–Kier alpha value is -0.860. The molecule has 0 radical (unpaired) electrons. The van der Waals surface area contributed by atoms with Crippen LogP contribution in [0.2, 0.25) is 0 Å². The van der Waals surface area contributed by atoms with Crippen LogP contribution in [-0.4, -0.2) is 15.0 Å². The van der Waals surface area contributed by atoms with Crippen LogP contribution < -0.4 is 0 Å². The molecule has 0 saturated heterocycles. The lowest BCUT2D eigenvalue weighted by atomic mass is 10.1. The number of aryl methyl sites for hydroxylation is 1. The third kappa shape index (κ3) is 0.735. The molecule has 1 aromatic rings. The third-order valence-electron chi connectivity index (χ3n) is 2.22. The summed E-state index contributed by atoms with van der Waals surface area (Å²) in [6.45, 7) is 2.23. The molecule has 3 heteroatoms. The lowest BCUT2D eigenvalue weighted by molar-refractivity contribution is 0.703. The molecule has 0 amide bonds. The summed E-state index contributed by atoms with van der Waals surface area (Å²) in [5, 5.41) is 7.95. The summed E-state index contributed by atoms with van der Waals surface area (Å²) < 4.78 is 1.76. The average Bonchev–Trinajstić information content (AvgIpc) is 2.45. The van der Waals surface area contributed by atoms with Crippen molar-refractivity contribution in [2.75, 3.05) is 0 Å². The zero-order valence-electron chi connectivity index (χ0n) is 6.33. The predicted molar refractivity (Wildman–Crippen MR) is 37.6 cm³/mol. The van der Waals surface area contributed by atoms with Gasteiger partial charge in [0.2, 0.25) is 0 Å². The highest BCUT2D eigenvalue weighted by molar-refractivity contribution is 5.18. The molecule has 0 N–H and O–H groups in total.